The van der Waals surface area contributed by atoms with Gasteiger partial charge in [0.1, 0.15) is 36.3 Å². The molecule has 0 spiro atoms. The van der Waals surface area contributed by atoms with Crippen LogP contribution in [0.3, 0.4) is 0 Å². The van der Waals surface area contributed by atoms with E-state index in [9.17, 15) is 20.4 Å². The fourth-order valence-electron chi connectivity index (χ4n) is 3.90. The van der Waals surface area contributed by atoms with Crippen LogP contribution in [0.1, 0.15) is 28.7 Å². The van der Waals surface area contributed by atoms with Gasteiger partial charge in [-0.25, -0.2) is 0 Å². The number of hydrogen-bond donors (Lipinski definition) is 4. The third-order valence-electron chi connectivity index (χ3n) is 5.55. The van der Waals surface area contributed by atoms with E-state index in [0.29, 0.717) is 0 Å². The minimum atomic E-state index is -1.38. The molecule has 7 heteroatoms. The van der Waals surface area contributed by atoms with E-state index in [1.54, 1.807) is 18.9 Å². The van der Waals surface area contributed by atoms with Crippen molar-refractivity contribution in [2.24, 2.45) is 0 Å². The molecule has 6 nitrogen and oxygen atoms in total. The lowest BCUT2D eigenvalue weighted by atomic mass is 9.87. The first-order valence-corrected chi connectivity index (χ1v) is 10.2. The number of aliphatic hydroxyl groups excluding tert-OH is 4. The van der Waals surface area contributed by atoms with Crippen molar-refractivity contribution in [2.75, 3.05) is 19.5 Å². The van der Waals surface area contributed by atoms with Gasteiger partial charge in [-0.15, -0.1) is 11.8 Å². The molecule has 150 valence electrons. The van der Waals surface area contributed by atoms with Crippen LogP contribution in [0.5, 0.6) is 5.75 Å². The van der Waals surface area contributed by atoms with Crippen molar-refractivity contribution in [1.82, 2.24) is 0 Å². The van der Waals surface area contributed by atoms with Crippen LogP contribution < -0.4 is 4.74 Å². The van der Waals surface area contributed by atoms with Crippen molar-refractivity contribution in [1.29, 1.82) is 0 Å². The second-order valence-corrected chi connectivity index (χ2v) is 8.25. The van der Waals surface area contributed by atoms with Gasteiger partial charge in [0, 0.05) is 16.6 Å². The van der Waals surface area contributed by atoms with Crippen molar-refractivity contribution in [3.05, 3.63) is 59.2 Å². The molecule has 28 heavy (non-hydrogen) atoms. The quantitative estimate of drug-likeness (QED) is 0.612. The van der Waals surface area contributed by atoms with Gasteiger partial charge in [-0.3, -0.25) is 0 Å². The van der Waals surface area contributed by atoms with Crippen molar-refractivity contribution in [2.45, 2.75) is 41.3 Å². The number of benzene rings is 2. The number of thioether (sulfide) groups is 1. The molecule has 1 saturated heterocycles. The molecule has 0 aromatic heterocycles. The number of methoxy groups -OCH3 is 1. The molecule has 2 aliphatic heterocycles. The number of hydrogen-bond acceptors (Lipinski definition) is 7. The van der Waals surface area contributed by atoms with Gasteiger partial charge >= 0.3 is 0 Å². The fourth-order valence-corrected chi connectivity index (χ4v) is 5.15. The summed E-state index contributed by atoms with van der Waals surface area (Å²) < 4.78 is 11.0. The fraction of sp³-hybridized carbons (Fsp3) is 0.429. The third-order valence-corrected chi connectivity index (χ3v) is 6.74. The normalized spacial score (nSPS) is 32.2. The summed E-state index contributed by atoms with van der Waals surface area (Å²) in [6, 6.07) is 13.9. The van der Waals surface area contributed by atoms with Gasteiger partial charge in [0.15, 0.2) is 0 Å². The van der Waals surface area contributed by atoms with Crippen molar-refractivity contribution >= 4 is 11.8 Å². The highest BCUT2D eigenvalue weighted by Gasteiger charge is 2.44. The van der Waals surface area contributed by atoms with Crippen LogP contribution in [0.15, 0.2) is 47.4 Å². The lowest BCUT2D eigenvalue weighted by Gasteiger charge is -2.40. The topological polar surface area (TPSA) is 99.4 Å². The zero-order valence-electron chi connectivity index (χ0n) is 15.4. The zero-order valence-corrected chi connectivity index (χ0v) is 16.2. The van der Waals surface area contributed by atoms with Gasteiger partial charge in [0.05, 0.1) is 13.7 Å². The summed E-state index contributed by atoms with van der Waals surface area (Å²) in [5.74, 6) is 1.93. The molecule has 6 atom stereocenters. The van der Waals surface area contributed by atoms with Gasteiger partial charge in [-0.2, -0.15) is 0 Å². The van der Waals surface area contributed by atoms with Crippen molar-refractivity contribution in [3.63, 3.8) is 0 Å². The SMILES string of the molecule is COc1ccc(C2CSc3ccc(C4OC(CO)C(O)C(O)C4O)cc32)cc1. The van der Waals surface area contributed by atoms with Crippen LogP contribution in [-0.2, 0) is 4.74 Å². The first-order valence-electron chi connectivity index (χ1n) is 9.24. The van der Waals surface area contributed by atoms with Gasteiger partial charge in [-0.1, -0.05) is 24.3 Å². The Morgan fingerprint density at radius 1 is 1.00 bits per heavy atom. The molecule has 0 amide bonds. The second kappa shape index (κ2) is 8.02. The minimum absolute atomic E-state index is 0.204. The van der Waals surface area contributed by atoms with Crippen molar-refractivity contribution in [3.8, 4) is 5.75 Å². The van der Waals surface area contributed by atoms with Crippen LogP contribution in [0, 0.1) is 0 Å². The van der Waals surface area contributed by atoms with E-state index in [1.165, 1.54) is 10.5 Å². The van der Waals surface area contributed by atoms with E-state index in [4.69, 9.17) is 9.47 Å². The Balaban J connectivity index is 1.64. The Morgan fingerprint density at radius 2 is 1.71 bits per heavy atom. The summed E-state index contributed by atoms with van der Waals surface area (Å²) in [4.78, 5) is 1.18. The number of aliphatic hydroxyl groups is 4. The van der Waals surface area contributed by atoms with E-state index < -0.39 is 37.1 Å². The molecule has 4 N–H and O–H groups in total. The lowest BCUT2D eigenvalue weighted by molar-refractivity contribution is -0.231. The Morgan fingerprint density at radius 3 is 2.39 bits per heavy atom. The molecule has 0 aliphatic carbocycles. The molecular weight excluding hydrogens is 380 g/mol. The molecule has 0 saturated carbocycles. The molecular formula is C21H24O6S. The zero-order chi connectivity index (χ0) is 19.8. The van der Waals surface area contributed by atoms with Crippen LogP contribution in [0.2, 0.25) is 0 Å². The molecule has 0 radical (unpaired) electrons. The highest BCUT2D eigenvalue weighted by atomic mass is 32.2. The summed E-state index contributed by atoms with van der Waals surface area (Å²) in [6.07, 6.45) is -5.74. The van der Waals surface area contributed by atoms with E-state index in [2.05, 4.69) is 12.1 Å². The summed E-state index contributed by atoms with van der Waals surface area (Å²) >= 11 is 1.78. The maximum atomic E-state index is 10.4. The number of rotatable bonds is 4. The monoisotopic (exact) mass is 404 g/mol. The molecule has 2 aliphatic rings. The molecule has 1 fully saturated rings. The molecule has 2 aromatic rings. The Labute approximate surface area is 167 Å². The smallest absolute Gasteiger partial charge is 0.118 e. The second-order valence-electron chi connectivity index (χ2n) is 7.18. The van der Waals surface area contributed by atoms with Crippen LogP contribution in [0.25, 0.3) is 0 Å². The average molecular weight is 404 g/mol. The predicted molar refractivity (Wildman–Crippen MR) is 105 cm³/mol. The molecule has 0 bridgehead atoms. The average Bonchev–Trinajstić information content (AvgIpc) is 3.15. The highest BCUT2D eigenvalue weighted by molar-refractivity contribution is 7.99. The molecule has 2 aromatic carbocycles. The van der Waals surface area contributed by atoms with Gasteiger partial charge in [0.25, 0.3) is 0 Å². The standard InChI is InChI=1S/C21H24O6S/c1-26-13-5-2-11(3-6-13)15-10-28-17-7-4-12(8-14(15)17)21-20(25)19(24)18(23)16(9-22)27-21/h2-8,15-16,18-25H,9-10H2,1H3. The summed E-state index contributed by atoms with van der Waals surface area (Å²) in [6.45, 7) is -0.434. The van der Waals surface area contributed by atoms with E-state index in [-0.39, 0.29) is 5.92 Å². The van der Waals surface area contributed by atoms with Crippen LogP contribution in [-0.4, -0.2) is 64.3 Å². The number of ether oxygens (including phenoxy) is 2. The first-order chi connectivity index (χ1) is 13.5. The summed E-state index contributed by atoms with van der Waals surface area (Å²) in [5, 5.41) is 40.0. The maximum Gasteiger partial charge on any atom is 0.118 e. The first kappa shape index (κ1) is 19.7. The Bertz CT molecular complexity index is 824. The third kappa shape index (κ3) is 3.43. The van der Waals surface area contributed by atoms with E-state index >= 15 is 0 Å². The van der Waals surface area contributed by atoms with Crippen LogP contribution >= 0.6 is 11.8 Å². The summed E-state index contributed by atoms with van der Waals surface area (Å²) in [5.41, 5.74) is 3.04. The molecule has 6 unspecified atom stereocenters. The van der Waals surface area contributed by atoms with Crippen molar-refractivity contribution < 1.29 is 29.9 Å². The minimum Gasteiger partial charge on any atom is -0.497 e. The Hall–Kier alpha value is -1.61. The van der Waals surface area contributed by atoms with E-state index in [0.717, 1.165) is 22.6 Å². The highest BCUT2D eigenvalue weighted by Crippen LogP contribution is 2.45. The molecule has 2 heterocycles. The summed E-state index contributed by atoms with van der Waals surface area (Å²) in [7, 11) is 1.64. The molecule has 4 rings (SSSR count). The Kier molecular flexibility index (Phi) is 5.64. The van der Waals surface area contributed by atoms with Gasteiger partial charge < -0.3 is 29.9 Å². The van der Waals surface area contributed by atoms with E-state index in [1.807, 2.05) is 30.3 Å². The van der Waals surface area contributed by atoms with Crippen LogP contribution in [0.4, 0.5) is 0 Å². The lowest BCUT2D eigenvalue weighted by Crippen LogP contribution is -2.55. The number of fused-ring (bicyclic) bond motifs is 1. The largest absolute Gasteiger partial charge is 0.497 e. The van der Waals surface area contributed by atoms with Gasteiger partial charge in [0.2, 0.25) is 0 Å². The predicted octanol–water partition coefficient (Wildman–Crippen LogP) is 1.45. The maximum absolute atomic E-state index is 10.4. The van der Waals surface area contributed by atoms with Gasteiger partial charge in [-0.05, 0) is 34.9 Å².